The molecule has 188 valence electrons. The number of benzene rings is 2. The van der Waals surface area contributed by atoms with Crippen molar-refractivity contribution < 1.29 is 23.0 Å². The van der Waals surface area contributed by atoms with Crippen molar-refractivity contribution in [1.29, 1.82) is 0 Å². The third kappa shape index (κ3) is 5.90. The predicted molar refractivity (Wildman–Crippen MR) is 131 cm³/mol. The Bertz CT molecular complexity index is 1220. The minimum absolute atomic E-state index is 0.0400. The van der Waals surface area contributed by atoms with Gasteiger partial charge >= 0.3 is 0 Å². The van der Waals surface area contributed by atoms with Crippen LogP contribution in [-0.4, -0.2) is 68.2 Å². The van der Waals surface area contributed by atoms with Crippen LogP contribution in [0.5, 0.6) is 0 Å². The molecule has 13 nitrogen and oxygen atoms in total. The summed E-state index contributed by atoms with van der Waals surface area (Å²) in [6, 6.07) is 8.07. The number of non-ortho nitro benzene ring substituents is 1. The van der Waals surface area contributed by atoms with Gasteiger partial charge in [-0.05, 0) is 12.1 Å². The molecule has 0 saturated carbocycles. The molecule has 1 heterocycles. The molecule has 1 N–H and O–H groups in total. The first kappa shape index (κ1) is 26.0. The van der Waals surface area contributed by atoms with E-state index in [0.717, 1.165) is 6.07 Å². The maximum atomic E-state index is 13.1. The van der Waals surface area contributed by atoms with Gasteiger partial charge in [-0.25, -0.2) is 8.42 Å². The lowest BCUT2D eigenvalue weighted by Crippen LogP contribution is -2.36. The lowest BCUT2D eigenvalue weighted by atomic mass is 10.1. The van der Waals surface area contributed by atoms with Crippen LogP contribution < -0.4 is 10.3 Å². The third-order valence-corrected chi connectivity index (χ3v) is 7.54. The zero-order valence-electron chi connectivity index (χ0n) is 19.3. The highest BCUT2D eigenvalue weighted by Crippen LogP contribution is 2.31. The van der Waals surface area contributed by atoms with E-state index in [1.54, 1.807) is 26.0 Å². The maximum Gasteiger partial charge on any atom is 0.293 e. The summed E-state index contributed by atoms with van der Waals surface area (Å²) in [7, 11) is -4.03. The van der Waals surface area contributed by atoms with E-state index in [2.05, 4.69) is 10.5 Å². The van der Waals surface area contributed by atoms with Gasteiger partial charge in [-0.3, -0.25) is 25.7 Å². The summed E-state index contributed by atoms with van der Waals surface area (Å²) in [5, 5.41) is 26.9. The molecule has 35 heavy (non-hydrogen) atoms. The summed E-state index contributed by atoms with van der Waals surface area (Å²) < 4.78 is 32.6. The Hall–Kier alpha value is -3.62. The molecule has 1 aliphatic heterocycles. The highest BCUT2D eigenvalue weighted by atomic mass is 32.2. The number of hydrogen-bond donors (Lipinski definition) is 1. The number of hydrogen-bond acceptors (Lipinski definition) is 10. The quantitative estimate of drug-likeness (QED) is 0.290. The van der Waals surface area contributed by atoms with Crippen molar-refractivity contribution in [1.82, 2.24) is 4.31 Å². The van der Waals surface area contributed by atoms with Crippen molar-refractivity contribution in [2.45, 2.75) is 18.7 Å². The van der Waals surface area contributed by atoms with Gasteiger partial charge in [-0.1, -0.05) is 19.9 Å². The predicted octanol–water partition coefficient (Wildman–Crippen LogP) is 2.82. The van der Waals surface area contributed by atoms with E-state index >= 15 is 0 Å². The van der Waals surface area contributed by atoms with Crippen LogP contribution in [0.25, 0.3) is 0 Å². The molecule has 14 heteroatoms. The summed E-state index contributed by atoms with van der Waals surface area (Å²) in [5.74, 6) is 0. The number of hydrazone groups is 1. The third-order valence-electron chi connectivity index (χ3n) is 5.45. The van der Waals surface area contributed by atoms with Gasteiger partial charge < -0.3 is 9.64 Å². The molecule has 1 fully saturated rings. The fourth-order valence-corrected chi connectivity index (χ4v) is 5.27. The van der Waals surface area contributed by atoms with Crippen LogP contribution in [0.3, 0.4) is 0 Å². The first-order valence-electron chi connectivity index (χ1n) is 10.9. The van der Waals surface area contributed by atoms with Gasteiger partial charge in [0, 0.05) is 49.9 Å². The van der Waals surface area contributed by atoms with Crippen molar-refractivity contribution in [3.63, 3.8) is 0 Å². The van der Waals surface area contributed by atoms with Crippen molar-refractivity contribution >= 4 is 39.0 Å². The minimum Gasteiger partial charge on any atom is -0.378 e. The van der Waals surface area contributed by atoms with Crippen LogP contribution in [0.2, 0.25) is 0 Å². The molecule has 2 aromatic carbocycles. The van der Waals surface area contributed by atoms with E-state index in [9.17, 15) is 28.6 Å². The molecule has 0 bridgehead atoms. The Balaban J connectivity index is 1.90. The molecule has 1 saturated heterocycles. The van der Waals surface area contributed by atoms with Crippen LogP contribution in [0, 0.1) is 20.2 Å². The highest BCUT2D eigenvalue weighted by molar-refractivity contribution is 7.89. The molecule has 0 amide bonds. The molecule has 0 atom stereocenters. The monoisotopic (exact) mass is 506 g/mol. The molecule has 2 aromatic rings. The summed E-state index contributed by atoms with van der Waals surface area (Å²) in [5.41, 5.74) is 3.08. The normalized spacial score (nSPS) is 14.4. The summed E-state index contributed by atoms with van der Waals surface area (Å²) in [6.07, 6.45) is 1.31. The number of nitro benzene ring substituents is 2. The fourth-order valence-electron chi connectivity index (χ4n) is 3.65. The van der Waals surface area contributed by atoms with Gasteiger partial charge in [-0.15, -0.1) is 0 Å². The van der Waals surface area contributed by atoms with Crippen LogP contribution >= 0.6 is 0 Å². The van der Waals surface area contributed by atoms with Crippen molar-refractivity contribution in [2.75, 3.05) is 49.7 Å². The average Bonchev–Trinajstić information content (AvgIpc) is 2.85. The molecule has 0 unspecified atom stereocenters. The first-order chi connectivity index (χ1) is 16.7. The molecule has 3 rings (SSSR count). The number of sulfonamides is 1. The van der Waals surface area contributed by atoms with E-state index in [4.69, 9.17) is 4.74 Å². The van der Waals surface area contributed by atoms with E-state index in [1.165, 1.54) is 28.7 Å². The number of nitrogens with zero attached hydrogens (tertiary/aromatic N) is 5. The van der Waals surface area contributed by atoms with Crippen molar-refractivity contribution in [3.05, 3.63) is 62.2 Å². The second-order valence-electron chi connectivity index (χ2n) is 7.50. The zero-order chi connectivity index (χ0) is 25.6. The Kier molecular flexibility index (Phi) is 8.32. The second kappa shape index (κ2) is 11.2. The van der Waals surface area contributed by atoms with Crippen molar-refractivity contribution in [3.8, 4) is 0 Å². The smallest absolute Gasteiger partial charge is 0.293 e. The highest BCUT2D eigenvalue weighted by Gasteiger charge is 2.27. The summed E-state index contributed by atoms with van der Waals surface area (Å²) in [6.45, 7) is 5.75. The van der Waals surface area contributed by atoms with E-state index in [0.29, 0.717) is 37.6 Å². The summed E-state index contributed by atoms with van der Waals surface area (Å²) >= 11 is 0. The Morgan fingerprint density at radius 3 is 2.37 bits per heavy atom. The van der Waals surface area contributed by atoms with Crippen LogP contribution in [0.15, 0.2) is 46.4 Å². The molecule has 0 aromatic heterocycles. The molecule has 0 radical (unpaired) electrons. The number of morpholine rings is 1. The molecule has 0 spiro atoms. The van der Waals surface area contributed by atoms with Crippen LogP contribution in [0.4, 0.5) is 22.7 Å². The SMILES string of the molecule is CCN(CC)S(=O)(=O)c1cc([N+](=O)[O-])ccc1N/N=C/c1ccc(N2CCOCC2)c([N+](=O)[O-])c1. The number of nitro groups is 2. The van der Waals surface area contributed by atoms with Gasteiger partial charge in [0.05, 0.1) is 35.0 Å². The number of ether oxygens (including phenoxy) is 1. The number of anilines is 2. The molecular formula is C21H26N6O7S. The van der Waals surface area contributed by atoms with E-state index in [-0.39, 0.29) is 35.0 Å². The van der Waals surface area contributed by atoms with Gasteiger partial charge in [0.2, 0.25) is 10.0 Å². The largest absolute Gasteiger partial charge is 0.378 e. The average molecular weight is 507 g/mol. The number of rotatable bonds is 10. The van der Waals surface area contributed by atoms with Gasteiger partial charge in [0.15, 0.2) is 0 Å². The Labute approximate surface area is 202 Å². The number of nitrogens with one attached hydrogen (secondary N) is 1. The zero-order valence-corrected chi connectivity index (χ0v) is 20.1. The molecule has 0 aliphatic carbocycles. The minimum atomic E-state index is -4.03. The Morgan fingerprint density at radius 2 is 1.77 bits per heavy atom. The second-order valence-corrected chi connectivity index (χ2v) is 9.41. The molecule has 1 aliphatic rings. The van der Waals surface area contributed by atoms with Crippen LogP contribution in [0.1, 0.15) is 19.4 Å². The first-order valence-corrected chi connectivity index (χ1v) is 12.3. The maximum absolute atomic E-state index is 13.1. The van der Waals surface area contributed by atoms with E-state index in [1.807, 2.05) is 4.90 Å². The molecular weight excluding hydrogens is 480 g/mol. The fraction of sp³-hybridized carbons (Fsp3) is 0.381. The lowest BCUT2D eigenvalue weighted by molar-refractivity contribution is -0.385. The standard InChI is InChI=1S/C21H26N6O7S/c1-3-25(4-2)35(32,33)21-14-17(26(28)29)6-7-18(21)23-22-15-16-5-8-19(20(13-16)27(30)31)24-9-11-34-12-10-24/h5-8,13-15,23H,3-4,9-12H2,1-2H3/b22-15+. The van der Waals surface area contributed by atoms with Crippen LogP contribution in [-0.2, 0) is 14.8 Å². The van der Waals surface area contributed by atoms with Crippen molar-refractivity contribution in [2.24, 2.45) is 5.10 Å². The summed E-state index contributed by atoms with van der Waals surface area (Å²) in [4.78, 5) is 23.3. The van der Waals surface area contributed by atoms with E-state index < -0.39 is 19.9 Å². The van der Waals surface area contributed by atoms with Gasteiger partial charge in [0.1, 0.15) is 10.6 Å². The lowest BCUT2D eigenvalue weighted by Gasteiger charge is -2.28. The van der Waals surface area contributed by atoms with Gasteiger partial charge in [0.25, 0.3) is 11.4 Å². The Morgan fingerprint density at radius 1 is 1.09 bits per heavy atom. The topological polar surface area (TPSA) is 161 Å². The van der Waals surface area contributed by atoms with Gasteiger partial charge in [-0.2, -0.15) is 9.41 Å².